The van der Waals surface area contributed by atoms with Crippen molar-refractivity contribution < 1.29 is 27.7 Å². The molecule has 0 amide bonds. The number of methoxy groups -OCH3 is 3. The van der Waals surface area contributed by atoms with Crippen molar-refractivity contribution >= 4 is 22.8 Å². The van der Waals surface area contributed by atoms with Crippen LogP contribution < -0.4 is 24.6 Å². The molecule has 9 nitrogen and oxygen atoms in total. The van der Waals surface area contributed by atoms with E-state index in [1.807, 2.05) is 0 Å². The van der Waals surface area contributed by atoms with E-state index >= 15 is 0 Å². The third-order valence-electron chi connectivity index (χ3n) is 4.80. The average Bonchev–Trinajstić information content (AvgIpc) is 3.14. The number of nitrogens with one attached hydrogen (secondary N) is 1. The first-order chi connectivity index (χ1) is 15.9. The van der Waals surface area contributed by atoms with Gasteiger partial charge in [0.15, 0.2) is 28.8 Å². The first-order valence-electron chi connectivity index (χ1n) is 9.41. The van der Waals surface area contributed by atoms with Crippen LogP contribution in [-0.4, -0.2) is 40.8 Å². The van der Waals surface area contributed by atoms with E-state index in [-0.39, 0.29) is 51.8 Å². The lowest BCUT2D eigenvalue weighted by molar-refractivity contribution is 0.270. The number of rotatable bonds is 7. The van der Waals surface area contributed by atoms with E-state index in [9.17, 15) is 13.6 Å². The van der Waals surface area contributed by atoms with E-state index in [2.05, 4.69) is 15.0 Å². The van der Waals surface area contributed by atoms with E-state index in [0.29, 0.717) is 5.52 Å². The van der Waals surface area contributed by atoms with Gasteiger partial charge in [-0.3, -0.25) is 0 Å². The zero-order valence-corrected chi connectivity index (χ0v) is 18.4. The Morgan fingerprint density at radius 1 is 1.06 bits per heavy atom. The summed E-state index contributed by atoms with van der Waals surface area (Å²) in [5.74, 6) is -1.71. The van der Waals surface area contributed by atoms with Crippen molar-refractivity contribution in [2.75, 3.05) is 21.3 Å². The highest BCUT2D eigenvalue weighted by Crippen LogP contribution is 2.37. The van der Waals surface area contributed by atoms with E-state index in [0.717, 1.165) is 6.07 Å². The van der Waals surface area contributed by atoms with E-state index < -0.39 is 17.3 Å². The van der Waals surface area contributed by atoms with E-state index in [4.69, 9.17) is 30.5 Å². The molecule has 2 aromatic carbocycles. The third-order valence-corrected chi connectivity index (χ3v) is 5.11. The molecule has 0 aliphatic heterocycles. The minimum atomic E-state index is -1.10. The van der Waals surface area contributed by atoms with Crippen molar-refractivity contribution in [1.82, 2.24) is 19.5 Å². The largest absolute Gasteiger partial charge is 0.496 e. The maximum atomic E-state index is 14.3. The summed E-state index contributed by atoms with van der Waals surface area (Å²) in [5.41, 5.74) is 0.0989. The normalized spacial score (nSPS) is 11.0. The molecule has 0 saturated heterocycles. The molecule has 0 fully saturated rings. The quantitative estimate of drug-likeness (QED) is 0.432. The number of fused-ring (bicyclic) bond motifs is 1. The fourth-order valence-electron chi connectivity index (χ4n) is 3.22. The van der Waals surface area contributed by atoms with Crippen molar-refractivity contribution in [3.63, 3.8) is 0 Å². The van der Waals surface area contributed by atoms with Gasteiger partial charge in [-0.05, 0) is 12.1 Å². The summed E-state index contributed by atoms with van der Waals surface area (Å²) in [4.78, 5) is 23.5. The Morgan fingerprint density at radius 2 is 1.82 bits per heavy atom. The van der Waals surface area contributed by atoms with E-state index in [1.165, 1.54) is 50.3 Å². The summed E-state index contributed by atoms with van der Waals surface area (Å²) >= 11 is 6.42. The Kier molecular flexibility index (Phi) is 6.05. The standard InChI is InChI=1S/C21H17ClF2N4O5/c1-30-15-5-4-12(23)18(24)10(15)9-33-17-7-14(11(22)6-16(17)31-2)28-19-13(26-21(28)29)8-25-20(27-19)32-3/h4-8H,9H2,1-3H3,(H,26,29). The second kappa shape index (κ2) is 8.94. The minimum absolute atomic E-state index is 0.0463. The summed E-state index contributed by atoms with van der Waals surface area (Å²) in [6.07, 6.45) is 1.40. The van der Waals surface area contributed by atoms with Gasteiger partial charge < -0.3 is 23.9 Å². The number of hydrogen-bond donors (Lipinski definition) is 1. The fourth-order valence-corrected chi connectivity index (χ4v) is 3.46. The monoisotopic (exact) mass is 478 g/mol. The highest BCUT2D eigenvalue weighted by molar-refractivity contribution is 6.32. The van der Waals surface area contributed by atoms with Crippen LogP contribution >= 0.6 is 11.6 Å². The predicted molar refractivity (Wildman–Crippen MR) is 115 cm³/mol. The van der Waals surface area contributed by atoms with Crippen molar-refractivity contribution in [2.45, 2.75) is 6.61 Å². The molecule has 4 rings (SSSR count). The number of aromatic nitrogens is 4. The highest BCUT2D eigenvalue weighted by atomic mass is 35.5. The second-order valence-electron chi connectivity index (χ2n) is 6.64. The molecule has 0 radical (unpaired) electrons. The molecular weight excluding hydrogens is 462 g/mol. The number of imidazole rings is 1. The molecular formula is C21H17ClF2N4O5. The molecule has 2 heterocycles. The molecule has 0 aliphatic carbocycles. The van der Waals surface area contributed by atoms with Gasteiger partial charge in [-0.2, -0.15) is 4.98 Å². The Morgan fingerprint density at radius 3 is 2.52 bits per heavy atom. The zero-order valence-electron chi connectivity index (χ0n) is 17.6. The maximum absolute atomic E-state index is 14.3. The van der Waals surface area contributed by atoms with Crippen molar-refractivity contribution in [3.05, 3.63) is 63.2 Å². The highest BCUT2D eigenvalue weighted by Gasteiger charge is 2.20. The lowest BCUT2D eigenvalue weighted by Gasteiger charge is -2.16. The predicted octanol–water partition coefficient (Wildman–Crippen LogP) is 3.65. The molecule has 33 heavy (non-hydrogen) atoms. The van der Waals surface area contributed by atoms with Gasteiger partial charge in [-0.25, -0.2) is 23.1 Å². The van der Waals surface area contributed by atoms with Crippen LogP contribution in [0.1, 0.15) is 5.56 Å². The summed E-state index contributed by atoms with van der Waals surface area (Å²) in [6, 6.07) is 5.15. The molecule has 0 spiro atoms. The van der Waals surface area contributed by atoms with Gasteiger partial charge >= 0.3 is 11.7 Å². The summed E-state index contributed by atoms with van der Waals surface area (Å²) in [5, 5.41) is 0.147. The molecule has 4 aromatic rings. The van der Waals surface area contributed by atoms with Crippen LogP contribution in [0, 0.1) is 11.6 Å². The molecule has 2 aromatic heterocycles. The molecule has 0 aliphatic rings. The molecule has 12 heteroatoms. The van der Waals surface area contributed by atoms with Crippen LogP contribution in [0.3, 0.4) is 0 Å². The van der Waals surface area contributed by atoms with Gasteiger partial charge in [0, 0.05) is 12.1 Å². The summed E-state index contributed by atoms with van der Waals surface area (Å²) in [7, 11) is 4.11. The molecule has 172 valence electrons. The second-order valence-corrected chi connectivity index (χ2v) is 7.05. The number of nitrogens with zero attached hydrogens (tertiary/aromatic N) is 3. The SMILES string of the molecule is COc1ncc2[nH]c(=O)n(-c3cc(OCc4c(OC)ccc(F)c4F)c(OC)cc3Cl)c2n1. The van der Waals surface area contributed by atoms with Crippen LogP contribution in [0.15, 0.2) is 35.3 Å². The van der Waals surface area contributed by atoms with Crippen molar-refractivity contribution in [3.8, 4) is 28.9 Å². The van der Waals surface area contributed by atoms with Gasteiger partial charge in [-0.15, -0.1) is 0 Å². The summed E-state index contributed by atoms with van der Waals surface area (Å²) < 4.78 is 50.4. The third kappa shape index (κ3) is 4.02. The molecule has 0 bridgehead atoms. The van der Waals surface area contributed by atoms with Gasteiger partial charge in [0.1, 0.15) is 17.9 Å². The van der Waals surface area contributed by atoms with Crippen molar-refractivity contribution in [2.24, 2.45) is 0 Å². The lowest BCUT2D eigenvalue weighted by Crippen LogP contribution is -2.16. The number of halogens is 3. The van der Waals surface area contributed by atoms with Gasteiger partial charge in [0.05, 0.1) is 43.8 Å². The fraction of sp³-hybridized carbons (Fsp3) is 0.190. The average molecular weight is 479 g/mol. The first-order valence-corrected chi connectivity index (χ1v) is 9.79. The smallest absolute Gasteiger partial charge is 0.332 e. The topological polar surface area (TPSA) is 100 Å². The summed E-state index contributed by atoms with van der Waals surface area (Å²) in [6.45, 7) is -0.386. The van der Waals surface area contributed by atoms with Gasteiger partial charge in [0.25, 0.3) is 0 Å². The van der Waals surface area contributed by atoms with Crippen molar-refractivity contribution in [1.29, 1.82) is 0 Å². The minimum Gasteiger partial charge on any atom is -0.496 e. The van der Waals surface area contributed by atoms with Crippen LogP contribution in [0.2, 0.25) is 5.02 Å². The van der Waals surface area contributed by atoms with Crippen LogP contribution in [-0.2, 0) is 6.61 Å². The Labute approximate surface area is 190 Å². The Bertz CT molecular complexity index is 1410. The lowest BCUT2D eigenvalue weighted by atomic mass is 10.2. The van der Waals surface area contributed by atoms with Crippen LogP contribution in [0.25, 0.3) is 16.9 Å². The van der Waals surface area contributed by atoms with E-state index in [1.54, 1.807) is 0 Å². The van der Waals surface area contributed by atoms with Crippen LogP contribution in [0.5, 0.6) is 23.3 Å². The number of benzene rings is 2. The molecule has 0 saturated carbocycles. The number of hydrogen-bond acceptors (Lipinski definition) is 7. The first kappa shape index (κ1) is 22.3. The number of aromatic amines is 1. The van der Waals surface area contributed by atoms with Gasteiger partial charge in [-0.1, -0.05) is 11.6 Å². The molecule has 1 N–H and O–H groups in total. The number of H-pyrrole nitrogens is 1. The van der Waals surface area contributed by atoms with Crippen LogP contribution in [0.4, 0.5) is 8.78 Å². The number of ether oxygens (including phenoxy) is 4. The Hall–Kier alpha value is -3.86. The Balaban J connectivity index is 1.81. The van der Waals surface area contributed by atoms with Gasteiger partial charge in [0.2, 0.25) is 0 Å². The zero-order chi connectivity index (χ0) is 23.7. The molecule has 0 unspecified atom stereocenters. The maximum Gasteiger partial charge on any atom is 0.332 e. The molecule has 0 atom stereocenters.